The van der Waals surface area contributed by atoms with E-state index in [0.717, 1.165) is 16.5 Å². The minimum Gasteiger partial charge on any atom is -0.372 e. The maximum Gasteiger partial charge on any atom is 0.247 e. The van der Waals surface area contributed by atoms with Crippen molar-refractivity contribution < 1.29 is 14.7 Å². The molecule has 13 nitrogen and oxygen atoms in total. The standard InChI is InChI=1S/C27H26Cl2N10O3/c1-35-11-16(10-30-35)7-23(27(42)31-19-4-5-20-17(8-19)12-36(2)33-20)38-15-25(40)37(14-26(38)41)22-9-18(28)3-6-21(22)39-13-24(29)32-34-39/h3-6,8-13,23,25,40H,7,14-15H2,1-2H3,(H,31,42). The third-order valence-corrected chi connectivity index (χ3v) is 7.47. The van der Waals surface area contributed by atoms with Gasteiger partial charge in [-0.1, -0.05) is 28.4 Å². The van der Waals surface area contributed by atoms with Crippen LogP contribution in [-0.4, -0.2) is 81.7 Å². The fourth-order valence-electron chi connectivity index (χ4n) is 5.14. The number of aryl methyl sites for hydroxylation is 2. The summed E-state index contributed by atoms with van der Waals surface area (Å²) in [6.45, 7) is -0.349. The van der Waals surface area contributed by atoms with Crippen LogP contribution in [0.4, 0.5) is 11.4 Å². The summed E-state index contributed by atoms with van der Waals surface area (Å²) >= 11 is 12.3. The van der Waals surface area contributed by atoms with Crippen molar-refractivity contribution in [3.63, 3.8) is 0 Å². The van der Waals surface area contributed by atoms with Crippen molar-refractivity contribution in [2.75, 3.05) is 23.3 Å². The molecule has 4 heterocycles. The molecular weight excluding hydrogens is 583 g/mol. The van der Waals surface area contributed by atoms with E-state index >= 15 is 0 Å². The molecule has 216 valence electrons. The second-order valence-electron chi connectivity index (χ2n) is 10.1. The molecule has 1 aliphatic heterocycles. The van der Waals surface area contributed by atoms with E-state index in [9.17, 15) is 14.7 Å². The van der Waals surface area contributed by atoms with Crippen LogP contribution in [0.1, 0.15) is 5.56 Å². The maximum atomic E-state index is 13.8. The predicted octanol–water partition coefficient (Wildman–Crippen LogP) is 2.41. The van der Waals surface area contributed by atoms with Crippen LogP contribution in [0, 0.1) is 0 Å². The molecule has 1 fully saturated rings. The molecule has 2 unspecified atom stereocenters. The molecule has 0 saturated carbocycles. The third-order valence-electron chi connectivity index (χ3n) is 7.06. The molecule has 2 aromatic carbocycles. The molecule has 2 amide bonds. The van der Waals surface area contributed by atoms with Gasteiger partial charge in [-0.2, -0.15) is 10.2 Å². The van der Waals surface area contributed by atoms with E-state index in [0.29, 0.717) is 22.1 Å². The van der Waals surface area contributed by atoms with Crippen LogP contribution < -0.4 is 10.2 Å². The summed E-state index contributed by atoms with van der Waals surface area (Å²) < 4.78 is 4.77. The lowest BCUT2D eigenvalue weighted by atomic mass is 10.0. The molecule has 2 N–H and O–H groups in total. The minimum absolute atomic E-state index is 0.136. The number of nitrogens with one attached hydrogen (secondary N) is 1. The van der Waals surface area contributed by atoms with Gasteiger partial charge < -0.3 is 20.2 Å². The Balaban J connectivity index is 1.28. The van der Waals surface area contributed by atoms with Gasteiger partial charge in [0.15, 0.2) is 5.15 Å². The number of carbonyl (C=O) groups is 2. The minimum atomic E-state index is -1.16. The van der Waals surface area contributed by atoms with Crippen molar-refractivity contribution in [2.45, 2.75) is 18.7 Å². The molecule has 0 spiro atoms. The molecule has 0 aliphatic carbocycles. The van der Waals surface area contributed by atoms with E-state index in [1.54, 1.807) is 53.1 Å². The normalized spacial score (nSPS) is 16.3. The van der Waals surface area contributed by atoms with Crippen LogP contribution in [0.15, 0.2) is 61.2 Å². The molecule has 15 heteroatoms. The number of halogens is 2. The third kappa shape index (κ3) is 5.53. The van der Waals surface area contributed by atoms with Gasteiger partial charge in [0.1, 0.15) is 12.3 Å². The summed E-state index contributed by atoms with van der Waals surface area (Å²) in [7, 11) is 3.60. The number of aliphatic hydroxyl groups excluding tert-OH is 1. The average Bonchev–Trinajstić information content (AvgIpc) is 3.67. The molecule has 1 saturated heterocycles. The van der Waals surface area contributed by atoms with Crippen LogP contribution in [0.2, 0.25) is 10.2 Å². The Labute approximate surface area is 249 Å². The summed E-state index contributed by atoms with van der Waals surface area (Å²) in [5.74, 6) is -0.744. The van der Waals surface area contributed by atoms with Crippen LogP contribution in [0.5, 0.6) is 0 Å². The number of hydrogen-bond acceptors (Lipinski definition) is 8. The predicted molar refractivity (Wildman–Crippen MR) is 156 cm³/mol. The number of piperazine rings is 1. The van der Waals surface area contributed by atoms with Gasteiger partial charge in [-0.05, 0) is 42.0 Å². The lowest BCUT2D eigenvalue weighted by Crippen LogP contribution is -2.61. The Bertz CT molecular complexity index is 1800. The first-order valence-corrected chi connectivity index (χ1v) is 13.7. The summed E-state index contributed by atoms with van der Waals surface area (Å²) in [4.78, 5) is 30.4. The highest BCUT2D eigenvalue weighted by Gasteiger charge is 2.39. The van der Waals surface area contributed by atoms with Gasteiger partial charge in [-0.15, -0.1) is 5.10 Å². The van der Waals surface area contributed by atoms with Gasteiger partial charge in [0.2, 0.25) is 11.8 Å². The number of β-amino-alcohol motifs (C(OH)–C–C–N with tert-alkyl or cyclic N) is 1. The first-order chi connectivity index (χ1) is 20.1. The molecule has 1 aliphatic rings. The zero-order valence-corrected chi connectivity index (χ0v) is 24.1. The first-order valence-electron chi connectivity index (χ1n) is 13.0. The monoisotopic (exact) mass is 608 g/mol. The zero-order valence-electron chi connectivity index (χ0n) is 22.6. The van der Waals surface area contributed by atoms with Crippen LogP contribution >= 0.6 is 23.2 Å². The van der Waals surface area contributed by atoms with E-state index in [2.05, 4.69) is 25.8 Å². The van der Waals surface area contributed by atoms with E-state index in [4.69, 9.17) is 23.2 Å². The van der Waals surface area contributed by atoms with Gasteiger partial charge in [0, 0.05) is 49.0 Å². The highest BCUT2D eigenvalue weighted by Crippen LogP contribution is 2.31. The van der Waals surface area contributed by atoms with Crippen molar-refractivity contribution in [1.29, 1.82) is 0 Å². The number of nitrogens with zero attached hydrogens (tertiary/aromatic N) is 9. The summed E-state index contributed by atoms with van der Waals surface area (Å²) in [6.07, 6.45) is 5.86. The van der Waals surface area contributed by atoms with Crippen LogP contribution in [0.25, 0.3) is 16.6 Å². The van der Waals surface area contributed by atoms with Crippen molar-refractivity contribution in [1.82, 2.24) is 39.5 Å². The Morgan fingerprint density at radius 3 is 2.67 bits per heavy atom. The van der Waals surface area contributed by atoms with Gasteiger partial charge >= 0.3 is 0 Å². The zero-order chi connectivity index (χ0) is 29.5. The fraction of sp³-hybridized carbons (Fsp3) is 0.259. The summed E-state index contributed by atoms with van der Waals surface area (Å²) in [5.41, 5.74) is 3.12. The molecule has 0 radical (unpaired) electrons. The van der Waals surface area contributed by atoms with Gasteiger partial charge in [0.05, 0.1) is 42.4 Å². The largest absolute Gasteiger partial charge is 0.372 e. The number of hydrogen-bond donors (Lipinski definition) is 2. The quantitative estimate of drug-likeness (QED) is 0.287. The van der Waals surface area contributed by atoms with E-state index in [-0.39, 0.29) is 30.6 Å². The molecule has 42 heavy (non-hydrogen) atoms. The van der Waals surface area contributed by atoms with Gasteiger partial charge in [-0.25, -0.2) is 4.68 Å². The maximum absolute atomic E-state index is 13.8. The van der Waals surface area contributed by atoms with Gasteiger partial charge in [0.25, 0.3) is 0 Å². The van der Waals surface area contributed by atoms with E-state index in [1.165, 1.54) is 20.7 Å². The van der Waals surface area contributed by atoms with Gasteiger partial charge in [-0.3, -0.25) is 19.0 Å². The average molecular weight is 609 g/mol. The molecule has 6 rings (SSSR count). The lowest BCUT2D eigenvalue weighted by Gasteiger charge is -2.42. The highest BCUT2D eigenvalue weighted by atomic mass is 35.5. The number of aromatic nitrogens is 7. The summed E-state index contributed by atoms with van der Waals surface area (Å²) in [5, 5.41) is 32.2. The summed E-state index contributed by atoms with van der Waals surface area (Å²) in [6, 6.07) is 9.48. The van der Waals surface area contributed by atoms with Crippen molar-refractivity contribution >= 4 is 57.3 Å². The Kier molecular flexibility index (Phi) is 7.31. The SMILES string of the molecule is Cn1cc(CC(C(=O)Nc2ccc3nn(C)cc3c2)N2CC(O)N(c3cc(Cl)ccc3-n3cc(Cl)nn3)CC2=O)cn1. The smallest absolute Gasteiger partial charge is 0.247 e. The number of rotatable bonds is 7. The molecular formula is C27H26Cl2N10O3. The van der Waals surface area contributed by atoms with Crippen molar-refractivity contribution in [2.24, 2.45) is 14.1 Å². The number of fused-ring (bicyclic) bond motifs is 1. The van der Waals surface area contributed by atoms with Crippen molar-refractivity contribution in [3.05, 3.63) is 76.9 Å². The molecule has 3 aromatic heterocycles. The van der Waals surface area contributed by atoms with E-state index in [1.807, 2.05) is 25.4 Å². The number of aliphatic hydroxyl groups is 1. The molecule has 0 bridgehead atoms. The Hall–Kier alpha value is -4.46. The topological polar surface area (TPSA) is 139 Å². The number of amides is 2. The highest BCUT2D eigenvalue weighted by molar-refractivity contribution is 6.31. The lowest BCUT2D eigenvalue weighted by molar-refractivity contribution is -0.142. The molecule has 5 aromatic rings. The second-order valence-corrected chi connectivity index (χ2v) is 10.9. The number of carbonyl (C=O) groups excluding carboxylic acids is 2. The number of anilines is 2. The van der Waals surface area contributed by atoms with Crippen molar-refractivity contribution in [3.8, 4) is 5.69 Å². The Morgan fingerprint density at radius 1 is 1.10 bits per heavy atom. The first kappa shape index (κ1) is 27.7. The second kappa shape index (κ2) is 11.1. The van der Waals surface area contributed by atoms with E-state index < -0.39 is 18.2 Å². The number of benzene rings is 2. The van der Waals surface area contributed by atoms with Crippen LogP contribution in [-0.2, 0) is 30.1 Å². The Morgan fingerprint density at radius 2 is 1.93 bits per heavy atom. The molecule has 2 atom stereocenters. The van der Waals surface area contributed by atoms with Crippen LogP contribution in [0.3, 0.4) is 0 Å². The fourth-order valence-corrected chi connectivity index (χ4v) is 5.44.